The Balaban J connectivity index is 0.000000193. The number of carbonyl (C=O) groups is 4. The molecule has 6 heterocycles. The van der Waals surface area contributed by atoms with Crippen LogP contribution in [0.4, 0.5) is 18.9 Å². The van der Waals surface area contributed by atoms with E-state index < -0.39 is 29.7 Å². The molecule has 0 spiro atoms. The number of aromatic nitrogens is 2. The van der Waals surface area contributed by atoms with Crippen LogP contribution in [0, 0.1) is 10.1 Å². The number of amides is 2. The van der Waals surface area contributed by atoms with Crippen molar-refractivity contribution in [2.75, 3.05) is 118 Å². The van der Waals surface area contributed by atoms with Crippen molar-refractivity contribution in [3.8, 4) is 17.0 Å². The maximum Gasteiger partial charge on any atom is 0.436 e. The Hall–Kier alpha value is -9.74. The lowest BCUT2D eigenvalue weighted by Gasteiger charge is -2.45. The van der Waals surface area contributed by atoms with Crippen LogP contribution in [0.25, 0.3) is 17.3 Å². The van der Waals surface area contributed by atoms with E-state index in [-0.39, 0.29) is 95.5 Å². The second-order valence-electron chi connectivity index (χ2n) is 27.8. The summed E-state index contributed by atoms with van der Waals surface area (Å²) in [4.78, 5) is 83.1. The van der Waals surface area contributed by atoms with Crippen LogP contribution >= 0.6 is 0 Å². The molecule has 2 amide bonds. The molecule has 5 aromatic carbocycles. The number of morpholine rings is 2. The minimum atomic E-state index is -5.08. The van der Waals surface area contributed by atoms with E-state index in [9.17, 15) is 47.3 Å². The van der Waals surface area contributed by atoms with Crippen molar-refractivity contribution in [1.82, 2.24) is 40.4 Å². The quantitative estimate of drug-likeness (QED) is 0.0113. The molecule has 4 aliphatic heterocycles. The molecule has 27 heteroatoms. The third-order valence-electron chi connectivity index (χ3n) is 18.4. The number of para-hydroxylation sites is 1. The Kier molecular flexibility index (Phi) is 35.6. The van der Waals surface area contributed by atoms with Gasteiger partial charge in [-0.05, 0) is 153 Å². The highest BCUT2D eigenvalue weighted by molar-refractivity contribution is 5.98. The van der Waals surface area contributed by atoms with Crippen molar-refractivity contribution in [1.29, 1.82) is 0 Å². The molecule has 0 bridgehead atoms. The highest BCUT2D eigenvalue weighted by Gasteiger charge is 2.67. The predicted octanol–water partition coefficient (Wildman–Crippen LogP) is 12.6. The van der Waals surface area contributed by atoms with E-state index in [4.69, 9.17) is 37.8 Å². The lowest BCUT2D eigenvalue weighted by molar-refractivity contribution is -0.385. The standard InChI is InChI=1S/C25H33NO2.C17H21F3N2O4.C14H21N3O2.C14H20N2O3.C13H12N2O3/c1-20(2)28-23-12-10-21(11-13-23)18-26-16-14-25(22-8-6-5-7-9-22)15-17-27-24(3,4)19-25;1-2-10-26-15(24)16(17(18,19)20,22-8-11-25-12-9-22)21-14(23)13-6-4-3-5-7-13;1-12(2)16-9-7-15(8-10-16)11-13-5-3-4-6-14(13)17(18)19;17-14(5-4-13-3-1-10-19-13)15-6-2-7-16-8-11-18-12-9-16;1-2-18-13(17)10-8-11(16)12(15-14-10)9-6-4-3-5-7-9/h5-13,18,20H,14-17,19H2,1-4H3;3-7H,2,8-12H2,1H3,(H,21,23);3-6,12H,7-11H2,1-2H3;1,3-5,10H,2,6-9,11-12H2,(H,15,17);3-8H,2H2,1H3,(H,14,16)/b;;;5-4+;. The van der Waals surface area contributed by atoms with Crippen molar-refractivity contribution < 1.29 is 70.1 Å². The summed E-state index contributed by atoms with van der Waals surface area (Å²) in [6, 6.07) is 47.9. The highest BCUT2D eigenvalue weighted by atomic mass is 19.4. The number of aromatic amines is 1. The molecule has 0 aliphatic carbocycles. The monoisotopic (exact) mass is 1520 g/mol. The molecular formula is C83H107F3N10O14. The summed E-state index contributed by atoms with van der Waals surface area (Å²) in [5.74, 6) is -1.64. The van der Waals surface area contributed by atoms with E-state index >= 15 is 0 Å². The van der Waals surface area contributed by atoms with Crippen LogP contribution in [-0.4, -0.2) is 213 Å². The topological polar surface area (TPSA) is 275 Å². The molecule has 4 saturated heterocycles. The van der Waals surface area contributed by atoms with Crippen LogP contribution < -0.4 is 20.8 Å². The Labute approximate surface area is 642 Å². The number of furan rings is 1. The molecule has 3 N–H and O–H groups in total. The molecule has 594 valence electrons. The van der Waals surface area contributed by atoms with Gasteiger partial charge in [-0.2, -0.15) is 18.3 Å². The van der Waals surface area contributed by atoms with Gasteiger partial charge in [-0.1, -0.05) is 104 Å². The maximum atomic E-state index is 14.1. The maximum absolute atomic E-state index is 14.1. The first-order valence-corrected chi connectivity index (χ1v) is 37.6. The average Bonchev–Trinajstić information content (AvgIpc) is 1.02. The molecule has 0 saturated carbocycles. The summed E-state index contributed by atoms with van der Waals surface area (Å²) < 4.78 is 79.1. The summed E-state index contributed by atoms with van der Waals surface area (Å²) in [6.07, 6.45) is 6.26. The number of rotatable bonds is 26. The number of benzene rings is 5. The van der Waals surface area contributed by atoms with Crippen molar-refractivity contribution in [2.24, 2.45) is 4.99 Å². The molecule has 4 fully saturated rings. The van der Waals surface area contributed by atoms with E-state index in [0.717, 1.165) is 120 Å². The fourth-order valence-corrected chi connectivity index (χ4v) is 12.8. The first kappa shape index (κ1) is 87.5. The van der Waals surface area contributed by atoms with Gasteiger partial charge in [0.15, 0.2) is 0 Å². The molecule has 110 heavy (non-hydrogen) atoms. The molecule has 2 aromatic heterocycles. The van der Waals surface area contributed by atoms with Gasteiger partial charge < -0.3 is 43.5 Å². The van der Waals surface area contributed by atoms with E-state index in [2.05, 4.69) is 100 Å². The van der Waals surface area contributed by atoms with Crippen LogP contribution in [0.3, 0.4) is 0 Å². The summed E-state index contributed by atoms with van der Waals surface area (Å²) in [5.41, 5.74) is 1.08. The number of piperazine rings is 1. The van der Waals surface area contributed by atoms with Gasteiger partial charge in [-0.25, -0.2) is 9.59 Å². The van der Waals surface area contributed by atoms with Gasteiger partial charge in [0.2, 0.25) is 11.3 Å². The average molecular weight is 1530 g/mol. The lowest BCUT2D eigenvalue weighted by atomic mass is 9.67. The van der Waals surface area contributed by atoms with Crippen molar-refractivity contribution >= 4 is 41.7 Å². The zero-order valence-corrected chi connectivity index (χ0v) is 64.4. The van der Waals surface area contributed by atoms with Crippen LogP contribution in [0.2, 0.25) is 0 Å². The van der Waals surface area contributed by atoms with Gasteiger partial charge in [0.1, 0.15) is 22.9 Å². The molecule has 4 aliphatic rings. The lowest BCUT2D eigenvalue weighted by Crippen LogP contribution is -2.75. The van der Waals surface area contributed by atoms with Crippen molar-refractivity contribution in [2.45, 2.75) is 129 Å². The van der Waals surface area contributed by atoms with E-state index in [1.807, 2.05) is 73.9 Å². The molecule has 7 aromatic rings. The number of H-pyrrole nitrogens is 1. The smallest absolute Gasteiger partial charge is 0.436 e. The SMILES string of the molecule is CC(C)N1CCN(Cc2ccccc2[N+](=O)[O-])CC1.CC(C)Oc1ccc(C=NCCC2(c3ccccc3)CCOC(C)(C)C2)cc1.CCCOC(=O)C(NC(=O)c1ccccc1)(N1CCOCC1)C(F)(F)F.CCOC(=O)c1cc(=O)c(-c2ccccc2)n[nH]1.O=C(/C=C/c1ccco1)NCCCN1CCOCC1. The fraction of sp³-hybridized carbons (Fsp3) is 0.458. The number of aliphatic imine (C=N–C) groups is 1. The van der Waals surface area contributed by atoms with Crippen molar-refractivity contribution in [3.05, 3.63) is 224 Å². The summed E-state index contributed by atoms with van der Waals surface area (Å²) in [7, 11) is 0. The Morgan fingerprint density at radius 1 is 0.764 bits per heavy atom. The van der Waals surface area contributed by atoms with Crippen LogP contribution in [0.1, 0.15) is 131 Å². The van der Waals surface area contributed by atoms with Crippen molar-refractivity contribution in [3.63, 3.8) is 0 Å². The van der Waals surface area contributed by atoms with Crippen LogP contribution in [0.5, 0.6) is 5.75 Å². The van der Waals surface area contributed by atoms with Gasteiger partial charge in [-0.15, -0.1) is 0 Å². The number of alkyl halides is 3. The van der Waals surface area contributed by atoms with E-state index in [1.165, 1.54) is 42.0 Å². The number of nitrogens with zero attached hydrogens (tertiary/aromatic N) is 7. The van der Waals surface area contributed by atoms with Gasteiger partial charge in [0.25, 0.3) is 17.3 Å². The number of nitrogens with one attached hydrogen (secondary N) is 3. The molecule has 2 unspecified atom stereocenters. The molecule has 11 rings (SSSR count). The highest BCUT2D eigenvalue weighted by Crippen LogP contribution is 2.44. The fourth-order valence-electron chi connectivity index (χ4n) is 12.8. The van der Waals surface area contributed by atoms with Crippen LogP contribution in [-0.2, 0) is 45.2 Å². The van der Waals surface area contributed by atoms with E-state index in [1.54, 1.807) is 62.6 Å². The number of nitro benzene ring substituents is 1. The zero-order chi connectivity index (χ0) is 79.4. The van der Waals surface area contributed by atoms with Gasteiger partial charge in [0.05, 0.1) is 62.5 Å². The minimum absolute atomic E-state index is 0.0117. The predicted molar refractivity (Wildman–Crippen MR) is 417 cm³/mol. The number of ether oxygens (including phenoxy) is 6. The normalized spacial score (nSPS) is 17.5. The number of halogens is 3. The molecule has 2 atom stereocenters. The number of nitro groups is 1. The Bertz CT molecular complexity index is 4020. The molecular weight excluding hydrogens is 1420 g/mol. The number of carbonyl (C=O) groups excluding carboxylic acids is 4. The third-order valence-corrected chi connectivity index (χ3v) is 18.4. The second-order valence-corrected chi connectivity index (χ2v) is 27.8. The molecule has 0 radical (unpaired) electrons. The summed E-state index contributed by atoms with van der Waals surface area (Å²) in [5, 5.41) is 22.2. The summed E-state index contributed by atoms with van der Waals surface area (Å²) >= 11 is 0. The third kappa shape index (κ3) is 28.0. The zero-order valence-electron chi connectivity index (χ0n) is 64.4. The molecule has 24 nitrogen and oxygen atoms in total. The van der Waals surface area contributed by atoms with Gasteiger partial charge in [-0.3, -0.25) is 54.2 Å². The largest absolute Gasteiger partial charge is 0.491 e. The number of hydrogen-bond acceptors (Lipinski definition) is 20. The number of hydrogen-bond donors (Lipinski definition) is 3. The minimum Gasteiger partial charge on any atom is -0.491 e. The van der Waals surface area contributed by atoms with Gasteiger partial charge >= 0.3 is 18.1 Å². The first-order chi connectivity index (χ1) is 52.8. The first-order valence-electron chi connectivity index (χ1n) is 37.6. The Morgan fingerprint density at radius 3 is 1.99 bits per heavy atom. The van der Waals surface area contributed by atoms with E-state index in [0.29, 0.717) is 36.9 Å². The van der Waals surface area contributed by atoms with Gasteiger partial charge in [0, 0.05) is 131 Å². The second kappa shape index (κ2) is 44.8. The Morgan fingerprint density at radius 2 is 1.40 bits per heavy atom. The number of esters is 2. The summed E-state index contributed by atoms with van der Waals surface area (Å²) in [6.45, 7) is 27.7. The van der Waals surface area contributed by atoms with Crippen LogP contribution in [0.15, 0.2) is 184 Å².